The molecule has 0 aromatic heterocycles. The topological polar surface area (TPSA) is 87.7 Å². The normalized spacial score (nSPS) is 10.1. The number of hydrogen-bond acceptors (Lipinski definition) is 5. The van der Waals surface area contributed by atoms with Crippen molar-refractivity contribution in [1.29, 1.82) is 0 Å². The molecule has 0 heterocycles. The number of nitrogens with one attached hydrogen (secondary N) is 1. The highest BCUT2D eigenvalue weighted by molar-refractivity contribution is 6.32. The van der Waals surface area contributed by atoms with Crippen LogP contribution in [0.2, 0.25) is 5.02 Å². The van der Waals surface area contributed by atoms with Gasteiger partial charge in [-0.05, 0) is 18.2 Å². The molecule has 0 bridgehead atoms. The molecule has 8 heteroatoms. The molecule has 2 aromatic rings. The molecule has 24 heavy (non-hydrogen) atoms. The van der Waals surface area contributed by atoms with E-state index in [-0.39, 0.29) is 28.0 Å². The van der Waals surface area contributed by atoms with Gasteiger partial charge in [0.15, 0.2) is 11.5 Å². The van der Waals surface area contributed by atoms with Gasteiger partial charge in [-0.3, -0.25) is 4.79 Å². The monoisotopic (exact) mass is 352 g/mol. The fourth-order valence-electron chi connectivity index (χ4n) is 1.80. The number of halogens is 2. The first-order chi connectivity index (χ1) is 11.4. The molecule has 0 aliphatic heterocycles. The van der Waals surface area contributed by atoms with Crippen molar-refractivity contribution in [3.63, 3.8) is 0 Å². The lowest BCUT2D eigenvalue weighted by atomic mass is 10.2. The first-order valence-corrected chi connectivity index (χ1v) is 7.10. The summed E-state index contributed by atoms with van der Waals surface area (Å²) in [7, 11) is 0. The van der Waals surface area contributed by atoms with Crippen LogP contribution in [-0.2, 0) is 9.59 Å². The van der Waals surface area contributed by atoms with Gasteiger partial charge in [-0.1, -0.05) is 23.7 Å². The van der Waals surface area contributed by atoms with Crippen molar-refractivity contribution in [3.8, 4) is 17.2 Å². The standard InChI is InChI=1S/C16H13ClFNO5/c1-9(20)19-12-7-15(10(17)6-11(12)18)24-14-5-3-2-4-13(14)23-8-16(21)22/h2-7H,8H2,1H3,(H,19,20)(H,21,22)/p-1. The zero-order chi connectivity index (χ0) is 17.7. The maximum absolute atomic E-state index is 13.8. The molecule has 2 rings (SSSR count). The van der Waals surface area contributed by atoms with Crippen LogP contribution in [0.1, 0.15) is 6.92 Å². The third-order valence-electron chi connectivity index (χ3n) is 2.75. The number of benzene rings is 2. The Morgan fingerprint density at radius 2 is 1.88 bits per heavy atom. The van der Waals surface area contributed by atoms with Crippen LogP contribution in [0.15, 0.2) is 36.4 Å². The highest BCUT2D eigenvalue weighted by Crippen LogP contribution is 2.37. The fourth-order valence-corrected chi connectivity index (χ4v) is 1.99. The maximum atomic E-state index is 13.8. The van der Waals surface area contributed by atoms with Gasteiger partial charge < -0.3 is 24.7 Å². The molecule has 1 N–H and O–H groups in total. The van der Waals surface area contributed by atoms with Gasteiger partial charge in [-0.2, -0.15) is 0 Å². The Morgan fingerprint density at radius 3 is 2.50 bits per heavy atom. The number of carboxylic acid groups (broad SMARTS) is 1. The predicted octanol–water partition coefficient (Wildman–Crippen LogP) is 2.36. The maximum Gasteiger partial charge on any atom is 0.221 e. The van der Waals surface area contributed by atoms with Crippen LogP contribution in [0.25, 0.3) is 0 Å². The van der Waals surface area contributed by atoms with Crippen molar-refractivity contribution in [1.82, 2.24) is 0 Å². The summed E-state index contributed by atoms with van der Waals surface area (Å²) in [6, 6.07) is 8.47. The Balaban J connectivity index is 2.31. The van der Waals surface area contributed by atoms with Gasteiger partial charge in [-0.25, -0.2) is 4.39 Å². The second-order valence-electron chi connectivity index (χ2n) is 4.65. The number of aliphatic carboxylic acids is 1. The van der Waals surface area contributed by atoms with Crippen molar-refractivity contribution in [2.45, 2.75) is 6.92 Å². The summed E-state index contributed by atoms with van der Waals surface area (Å²) >= 11 is 5.95. The molecule has 0 aliphatic carbocycles. The number of carbonyl (C=O) groups excluding carboxylic acids is 2. The Labute approximate surface area is 141 Å². The lowest BCUT2D eigenvalue weighted by molar-refractivity contribution is -0.307. The SMILES string of the molecule is CC(=O)Nc1cc(Oc2ccccc2OCC(=O)[O-])c(Cl)cc1F. The van der Waals surface area contributed by atoms with Gasteiger partial charge in [0.2, 0.25) is 5.91 Å². The number of anilines is 1. The first-order valence-electron chi connectivity index (χ1n) is 6.73. The average molecular weight is 353 g/mol. The van der Waals surface area contributed by atoms with Gasteiger partial charge in [0.1, 0.15) is 18.2 Å². The fraction of sp³-hybridized carbons (Fsp3) is 0.125. The Hall–Kier alpha value is -2.80. The van der Waals surface area contributed by atoms with Gasteiger partial charge in [0, 0.05) is 13.0 Å². The van der Waals surface area contributed by atoms with Crippen molar-refractivity contribution in [3.05, 3.63) is 47.2 Å². The van der Waals surface area contributed by atoms with Gasteiger partial charge in [0.05, 0.1) is 16.7 Å². The third-order valence-corrected chi connectivity index (χ3v) is 3.04. The zero-order valence-corrected chi connectivity index (χ0v) is 13.2. The van der Waals surface area contributed by atoms with E-state index in [2.05, 4.69) is 5.32 Å². The minimum Gasteiger partial charge on any atom is -0.546 e. The van der Waals surface area contributed by atoms with E-state index in [1.54, 1.807) is 12.1 Å². The molecule has 0 fully saturated rings. The largest absolute Gasteiger partial charge is 0.546 e. The van der Waals surface area contributed by atoms with E-state index in [9.17, 15) is 19.1 Å². The average Bonchev–Trinajstić information content (AvgIpc) is 2.50. The minimum absolute atomic E-state index is 0.0312. The van der Waals surface area contributed by atoms with Crippen LogP contribution in [0.5, 0.6) is 17.2 Å². The van der Waals surface area contributed by atoms with Crippen molar-refractivity contribution < 1.29 is 28.6 Å². The van der Waals surface area contributed by atoms with E-state index in [1.807, 2.05) is 0 Å². The molecule has 0 unspecified atom stereocenters. The van der Waals surface area contributed by atoms with Crippen LogP contribution in [0, 0.1) is 5.82 Å². The van der Waals surface area contributed by atoms with Crippen molar-refractivity contribution in [2.24, 2.45) is 0 Å². The van der Waals surface area contributed by atoms with Crippen LogP contribution >= 0.6 is 11.6 Å². The number of carboxylic acids is 1. The van der Waals surface area contributed by atoms with Gasteiger partial charge in [0.25, 0.3) is 0 Å². The van der Waals surface area contributed by atoms with E-state index in [0.29, 0.717) is 0 Å². The molecule has 0 aliphatic rings. The number of rotatable bonds is 6. The van der Waals surface area contributed by atoms with Crippen molar-refractivity contribution in [2.75, 3.05) is 11.9 Å². The van der Waals surface area contributed by atoms with Crippen molar-refractivity contribution >= 4 is 29.2 Å². The molecule has 0 spiro atoms. The summed E-state index contributed by atoms with van der Waals surface area (Å²) in [5, 5.41) is 12.8. The van der Waals surface area contributed by atoms with Crippen LogP contribution in [-0.4, -0.2) is 18.5 Å². The number of amides is 1. The molecular formula is C16H12ClFNO5-. The number of ether oxygens (including phenoxy) is 2. The van der Waals surface area contributed by atoms with Crippen LogP contribution < -0.4 is 19.9 Å². The summed E-state index contributed by atoms with van der Waals surface area (Å²) in [5.41, 5.74) is -0.102. The smallest absolute Gasteiger partial charge is 0.221 e. The lowest BCUT2D eigenvalue weighted by Crippen LogP contribution is -2.29. The molecule has 6 nitrogen and oxygen atoms in total. The Bertz CT molecular complexity index is 781. The van der Waals surface area contributed by atoms with Gasteiger partial charge in [-0.15, -0.1) is 0 Å². The molecule has 0 atom stereocenters. The summed E-state index contributed by atoms with van der Waals surface area (Å²) < 4.78 is 24.4. The number of para-hydroxylation sites is 2. The summed E-state index contributed by atoms with van der Waals surface area (Å²) in [6.45, 7) is 0.576. The summed E-state index contributed by atoms with van der Waals surface area (Å²) in [5.74, 6) is -2.20. The van der Waals surface area contributed by atoms with Gasteiger partial charge >= 0.3 is 0 Å². The molecule has 0 saturated carbocycles. The summed E-state index contributed by atoms with van der Waals surface area (Å²) in [6.07, 6.45) is 0. The summed E-state index contributed by atoms with van der Waals surface area (Å²) in [4.78, 5) is 21.6. The molecule has 0 saturated heterocycles. The Morgan fingerprint density at radius 1 is 1.21 bits per heavy atom. The lowest BCUT2D eigenvalue weighted by Gasteiger charge is -2.14. The van der Waals surface area contributed by atoms with E-state index >= 15 is 0 Å². The predicted molar refractivity (Wildman–Crippen MR) is 82.7 cm³/mol. The van der Waals surface area contributed by atoms with E-state index in [1.165, 1.54) is 25.1 Å². The highest BCUT2D eigenvalue weighted by atomic mass is 35.5. The third kappa shape index (κ3) is 4.60. The zero-order valence-electron chi connectivity index (χ0n) is 12.5. The van der Waals surface area contributed by atoms with E-state index in [4.69, 9.17) is 21.1 Å². The molecule has 2 aromatic carbocycles. The highest BCUT2D eigenvalue weighted by Gasteiger charge is 2.13. The molecule has 126 valence electrons. The number of hydrogen-bond donors (Lipinski definition) is 1. The Kier molecular flexibility index (Phi) is 5.59. The van der Waals surface area contributed by atoms with E-state index < -0.39 is 24.3 Å². The molecular weight excluding hydrogens is 341 g/mol. The minimum atomic E-state index is -1.39. The first kappa shape index (κ1) is 17.6. The van der Waals surface area contributed by atoms with Crippen LogP contribution in [0.4, 0.5) is 10.1 Å². The number of carbonyl (C=O) groups is 2. The quantitative estimate of drug-likeness (QED) is 0.862. The van der Waals surface area contributed by atoms with E-state index in [0.717, 1.165) is 6.07 Å². The second kappa shape index (κ2) is 7.65. The molecule has 1 amide bonds. The van der Waals surface area contributed by atoms with Crippen LogP contribution in [0.3, 0.4) is 0 Å². The second-order valence-corrected chi connectivity index (χ2v) is 5.06. The molecule has 0 radical (unpaired) electrons.